The SMILES string of the molecule is COC(=O)OC(C)(C)CNC(=O)C(c1ccccc1)N(C(=O)CC(=O)OC(C)(C)C)c1ccc2nc[nH]c2c1. The number of H-pyrrole nitrogens is 1. The first-order chi connectivity index (χ1) is 18.3. The van der Waals surface area contributed by atoms with Crippen molar-refractivity contribution in [2.75, 3.05) is 18.6 Å². The van der Waals surface area contributed by atoms with Crippen molar-refractivity contribution in [2.24, 2.45) is 0 Å². The summed E-state index contributed by atoms with van der Waals surface area (Å²) >= 11 is 0. The average Bonchev–Trinajstić information content (AvgIpc) is 3.32. The van der Waals surface area contributed by atoms with E-state index in [9.17, 15) is 19.2 Å². The predicted octanol–water partition coefficient (Wildman–Crippen LogP) is 4.05. The maximum Gasteiger partial charge on any atom is 0.508 e. The van der Waals surface area contributed by atoms with Crippen LogP contribution in [0.25, 0.3) is 11.0 Å². The molecule has 0 saturated heterocycles. The number of nitrogens with one attached hydrogen (secondary N) is 2. The summed E-state index contributed by atoms with van der Waals surface area (Å²) in [6.45, 7) is 8.27. The van der Waals surface area contributed by atoms with Crippen molar-refractivity contribution in [3.8, 4) is 0 Å². The summed E-state index contributed by atoms with van der Waals surface area (Å²) in [5, 5.41) is 2.78. The van der Waals surface area contributed by atoms with E-state index in [1.165, 1.54) is 18.3 Å². The van der Waals surface area contributed by atoms with E-state index in [-0.39, 0.29) is 6.54 Å². The Morgan fingerprint density at radius 3 is 2.33 bits per heavy atom. The molecule has 0 saturated carbocycles. The van der Waals surface area contributed by atoms with Crippen LogP contribution in [0, 0.1) is 0 Å². The lowest BCUT2D eigenvalue weighted by atomic mass is 10.0. The predicted molar refractivity (Wildman–Crippen MR) is 144 cm³/mol. The van der Waals surface area contributed by atoms with Crippen LogP contribution in [-0.2, 0) is 28.6 Å². The van der Waals surface area contributed by atoms with Gasteiger partial charge < -0.3 is 24.5 Å². The smallest absolute Gasteiger partial charge is 0.460 e. The number of carbonyl (C=O) groups is 4. The van der Waals surface area contributed by atoms with Gasteiger partial charge in [-0.3, -0.25) is 19.3 Å². The number of aromatic nitrogens is 2. The molecule has 0 radical (unpaired) electrons. The number of hydrogen-bond acceptors (Lipinski definition) is 8. The number of methoxy groups -OCH3 is 1. The fourth-order valence-corrected chi connectivity index (χ4v) is 3.85. The fourth-order valence-electron chi connectivity index (χ4n) is 3.85. The standard InChI is InChI=1S/C28H34N4O7/c1-27(2,3)38-23(34)15-22(33)32(19-12-13-20-21(14-19)31-17-30-20)24(18-10-8-7-9-11-18)25(35)29-16-28(4,5)39-26(36)37-6/h7-14,17,24H,15-16H2,1-6H3,(H,29,35)(H,30,31). The molecule has 208 valence electrons. The number of nitrogens with zero attached hydrogens (tertiary/aromatic N) is 2. The quantitative estimate of drug-likeness (QED) is 0.307. The van der Waals surface area contributed by atoms with Gasteiger partial charge in [0, 0.05) is 5.69 Å². The van der Waals surface area contributed by atoms with Gasteiger partial charge in [-0.2, -0.15) is 0 Å². The zero-order valence-electron chi connectivity index (χ0n) is 22.9. The van der Waals surface area contributed by atoms with Crippen LogP contribution in [0.2, 0.25) is 0 Å². The normalized spacial score (nSPS) is 12.4. The van der Waals surface area contributed by atoms with Gasteiger partial charge in [-0.1, -0.05) is 30.3 Å². The molecule has 39 heavy (non-hydrogen) atoms. The molecule has 1 heterocycles. The van der Waals surface area contributed by atoms with E-state index in [2.05, 4.69) is 20.0 Å². The molecule has 3 aromatic rings. The van der Waals surface area contributed by atoms with E-state index in [4.69, 9.17) is 9.47 Å². The topological polar surface area (TPSA) is 140 Å². The van der Waals surface area contributed by atoms with Gasteiger partial charge in [0.15, 0.2) is 0 Å². The minimum absolute atomic E-state index is 0.0715. The van der Waals surface area contributed by atoms with Crippen molar-refractivity contribution >= 4 is 40.7 Å². The Morgan fingerprint density at radius 2 is 1.69 bits per heavy atom. The van der Waals surface area contributed by atoms with Crippen LogP contribution >= 0.6 is 0 Å². The molecule has 0 spiro atoms. The molecule has 0 aliphatic heterocycles. The molecular formula is C28H34N4O7. The summed E-state index contributed by atoms with van der Waals surface area (Å²) in [4.78, 5) is 60.3. The van der Waals surface area contributed by atoms with Gasteiger partial charge in [0.2, 0.25) is 11.8 Å². The van der Waals surface area contributed by atoms with E-state index in [0.29, 0.717) is 22.3 Å². The Kier molecular flexibility index (Phi) is 8.95. The van der Waals surface area contributed by atoms with Gasteiger partial charge in [-0.25, -0.2) is 9.78 Å². The summed E-state index contributed by atoms with van der Waals surface area (Å²) in [6.07, 6.45) is 0.0358. The highest BCUT2D eigenvalue weighted by Gasteiger charge is 2.36. The number of amides is 2. The summed E-state index contributed by atoms with van der Waals surface area (Å²) in [5.74, 6) is -1.91. The van der Waals surface area contributed by atoms with E-state index in [1.54, 1.807) is 83.1 Å². The first kappa shape index (κ1) is 29.2. The largest absolute Gasteiger partial charge is 0.508 e. The molecule has 0 aliphatic rings. The zero-order chi connectivity index (χ0) is 28.8. The summed E-state index contributed by atoms with van der Waals surface area (Å²) in [5.41, 5.74) is 0.282. The van der Waals surface area contributed by atoms with Crippen molar-refractivity contribution in [3.05, 3.63) is 60.4 Å². The maximum absolute atomic E-state index is 13.8. The van der Waals surface area contributed by atoms with Crippen molar-refractivity contribution in [1.82, 2.24) is 15.3 Å². The lowest BCUT2D eigenvalue weighted by molar-refractivity contribution is -0.156. The van der Waals surface area contributed by atoms with E-state index >= 15 is 0 Å². The van der Waals surface area contributed by atoms with E-state index < -0.39 is 47.6 Å². The first-order valence-corrected chi connectivity index (χ1v) is 12.4. The number of hydrogen-bond donors (Lipinski definition) is 2. The minimum Gasteiger partial charge on any atom is -0.460 e. The second kappa shape index (κ2) is 12.0. The highest BCUT2D eigenvalue weighted by Crippen LogP contribution is 2.31. The van der Waals surface area contributed by atoms with Crippen molar-refractivity contribution in [1.29, 1.82) is 0 Å². The van der Waals surface area contributed by atoms with Crippen LogP contribution in [0.1, 0.15) is 52.6 Å². The molecule has 1 unspecified atom stereocenters. The molecule has 3 rings (SSSR count). The summed E-state index contributed by atoms with van der Waals surface area (Å²) in [6, 6.07) is 12.6. The third-order valence-electron chi connectivity index (χ3n) is 5.50. The fraction of sp³-hybridized carbons (Fsp3) is 0.393. The van der Waals surface area contributed by atoms with Crippen LogP contribution in [0.4, 0.5) is 10.5 Å². The number of carbonyl (C=O) groups excluding carboxylic acids is 4. The van der Waals surface area contributed by atoms with Gasteiger partial charge >= 0.3 is 12.1 Å². The molecule has 2 N–H and O–H groups in total. The second-order valence-corrected chi connectivity index (χ2v) is 10.5. The first-order valence-electron chi connectivity index (χ1n) is 12.4. The van der Waals surface area contributed by atoms with Crippen LogP contribution in [-0.4, -0.2) is 58.8 Å². The Hall–Kier alpha value is -4.41. The van der Waals surface area contributed by atoms with Crippen molar-refractivity contribution in [2.45, 2.75) is 58.3 Å². The number of imidazole rings is 1. The average molecular weight is 539 g/mol. The molecule has 0 fully saturated rings. The number of ether oxygens (including phenoxy) is 3. The Labute approximate surface area is 226 Å². The third kappa shape index (κ3) is 8.03. The number of anilines is 1. The molecule has 0 bridgehead atoms. The van der Waals surface area contributed by atoms with E-state index in [0.717, 1.165) is 0 Å². The molecule has 1 aromatic heterocycles. The number of rotatable bonds is 9. The Balaban J connectivity index is 2.02. The Morgan fingerprint density at radius 1 is 1.00 bits per heavy atom. The van der Waals surface area contributed by atoms with Gasteiger partial charge in [0.1, 0.15) is 23.7 Å². The molecule has 2 amide bonds. The molecule has 0 aliphatic carbocycles. The van der Waals surface area contributed by atoms with Crippen LogP contribution in [0.15, 0.2) is 54.9 Å². The monoisotopic (exact) mass is 538 g/mol. The minimum atomic E-state index is -1.17. The molecular weight excluding hydrogens is 504 g/mol. The van der Waals surface area contributed by atoms with Gasteiger partial charge in [-0.05, 0) is 58.4 Å². The second-order valence-electron chi connectivity index (χ2n) is 10.5. The highest BCUT2D eigenvalue weighted by molar-refractivity contribution is 6.08. The van der Waals surface area contributed by atoms with Gasteiger partial charge in [-0.15, -0.1) is 0 Å². The van der Waals surface area contributed by atoms with E-state index in [1.807, 2.05) is 0 Å². The number of esters is 1. The van der Waals surface area contributed by atoms with Crippen molar-refractivity contribution < 1.29 is 33.4 Å². The van der Waals surface area contributed by atoms with Crippen LogP contribution in [0.3, 0.4) is 0 Å². The van der Waals surface area contributed by atoms with Crippen LogP contribution < -0.4 is 10.2 Å². The van der Waals surface area contributed by atoms with Crippen molar-refractivity contribution in [3.63, 3.8) is 0 Å². The molecule has 11 nitrogen and oxygen atoms in total. The highest BCUT2D eigenvalue weighted by atomic mass is 16.7. The zero-order valence-corrected chi connectivity index (χ0v) is 22.9. The molecule has 1 atom stereocenters. The number of aromatic amines is 1. The number of benzene rings is 2. The van der Waals surface area contributed by atoms with Gasteiger partial charge in [0.25, 0.3) is 0 Å². The maximum atomic E-state index is 13.8. The van der Waals surface area contributed by atoms with Gasteiger partial charge in [0.05, 0.1) is 31.0 Å². The third-order valence-corrected chi connectivity index (χ3v) is 5.50. The lowest BCUT2D eigenvalue weighted by Crippen LogP contribution is -2.48. The molecule has 11 heteroatoms. The Bertz CT molecular complexity index is 1330. The lowest BCUT2D eigenvalue weighted by Gasteiger charge is -2.33. The number of fused-ring (bicyclic) bond motifs is 1. The summed E-state index contributed by atoms with van der Waals surface area (Å²) in [7, 11) is 1.19. The summed E-state index contributed by atoms with van der Waals surface area (Å²) < 4.78 is 15.2. The molecule has 2 aromatic carbocycles. The van der Waals surface area contributed by atoms with Crippen LogP contribution in [0.5, 0.6) is 0 Å².